The number of carbonyl (C=O) groups excluding carboxylic acids is 1. The van der Waals surface area contributed by atoms with Crippen LogP contribution in [0.15, 0.2) is 12.1 Å². The van der Waals surface area contributed by atoms with Gasteiger partial charge in [-0.25, -0.2) is 4.57 Å². The second kappa shape index (κ2) is 10.1. The van der Waals surface area contributed by atoms with Crippen LogP contribution < -0.4 is 25.0 Å². The highest BCUT2D eigenvalue weighted by Gasteiger charge is 2.46. The van der Waals surface area contributed by atoms with Crippen molar-refractivity contribution in [2.45, 2.75) is 37.9 Å². The fourth-order valence-corrected chi connectivity index (χ4v) is 3.19. The Bertz CT molecular complexity index is 698. The van der Waals surface area contributed by atoms with E-state index in [9.17, 15) is 9.36 Å². The SMILES string of the molecule is COc1cc(C2OC2C(=O)NCCCCCCN)cc(OC)c1OP(=O)(O)O. The second-order valence-corrected chi connectivity index (χ2v) is 7.47. The number of unbranched alkanes of at least 4 members (excludes halogenated alkanes) is 3. The smallest absolute Gasteiger partial charge is 0.493 e. The van der Waals surface area contributed by atoms with Crippen LogP contribution in [-0.2, 0) is 14.1 Å². The van der Waals surface area contributed by atoms with Crippen LogP contribution in [0.5, 0.6) is 17.2 Å². The van der Waals surface area contributed by atoms with Crippen LogP contribution in [0.4, 0.5) is 0 Å². The Balaban J connectivity index is 1.99. The van der Waals surface area contributed by atoms with Gasteiger partial charge in [0, 0.05) is 6.54 Å². The first-order valence-corrected chi connectivity index (χ1v) is 10.5. The van der Waals surface area contributed by atoms with Gasteiger partial charge in [0.1, 0.15) is 6.10 Å². The molecule has 2 rings (SSSR count). The molecule has 158 valence electrons. The number of hydrogen-bond donors (Lipinski definition) is 4. The Labute approximate surface area is 163 Å². The molecule has 10 nitrogen and oxygen atoms in total. The molecule has 1 aliphatic rings. The van der Waals surface area contributed by atoms with Crippen molar-refractivity contribution in [1.29, 1.82) is 0 Å². The summed E-state index contributed by atoms with van der Waals surface area (Å²) in [5, 5.41) is 2.84. The van der Waals surface area contributed by atoms with Gasteiger partial charge in [-0.05, 0) is 37.1 Å². The molecule has 0 spiro atoms. The van der Waals surface area contributed by atoms with Crippen LogP contribution in [0.1, 0.15) is 37.4 Å². The Morgan fingerprint density at radius 2 is 1.79 bits per heavy atom. The third-order valence-corrected chi connectivity index (χ3v) is 4.62. The molecule has 1 aromatic carbocycles. The van der Waals surface area contributed by atoms with Crippen molar-refractivity contribution in [1.82, 2.24) is 5.32 Å². The molecular formula is C17H27N2O8P. The van der Waals surface area contributed by atoms with Crippen LogP contribution in [-0.4, -0.2) is 49.1 Å². The number of amides is 1. The molecule has 1 saturated heterocycles. The van der Waals surface area contributed by atoms with Crippen LogP contribution in [0.25, 0.3) is 0 Å². The maximum Gasteiger partial charge on any atom is 0.525 e. The summed E-state index contributed by atoms with van der Waals surface area (Å²) in [6.07, 6.45) is 2.77. The lowest BCUT2D eigenvalue weighted by Gasteiger charge is -2.15. The van der Waals surface area contributed by atoms with E-state index < -0.39 is 20.0 Å². The van der Waals surface area contributed by atoms with E-state index in [1.807, 2.05) is 0 Å². The number of benzene rings is 1. The van der Waals surface area contributed by atoms with Gasteiger partial charge in [0.2, 0.25) is 5.75 Å². The molecule has 2 unspecified atom stereocenters. The predicted octanol–water partition coefficient (Wildman–Crippen LogP) is 1.25. The summed E-state index contributed by atoms with van der Waals surface area (Å²) in [6.45, 7) is 1.24. The molecule has 11 heteroatoms. The lowest BCUT2D eigenvalue weighted by molar-refractivity contribution is -0.122. The minimum atomic E-state index is -4.80. The van der Waals surface area contributed by atoms with Crippen molar-refractivity contribution in [2.75, 3.05) is 27.3 Å². The van der Waals surface area contributed by atoms with E-state index in [-0.39, 0.29) is 23.2 Å². The summed E-state index contributed by atoms with van der Waals surface area (Å²) in [5.74, 6) is -0.307. The van der Waals surface area contributed by atoms with Gasteiger partial charge >= 0.3 is 7.82 Å². The lowest BCUT2D eigenvalue weighted by Crippen LogP contribution is -2.29. The van der Waals surface area contributed by atoms with E-state index in [2.05, 4.69) is 9.84 Å². The van der Waals surface area contributed by atoms with E-state index in [4.69, 9.17) is 29.7 Å². The quantitative estimate of drug-likeness (QED) is 0.223. The first kappa shape index (κ1) is 22.4. The Morgan fingerprint density at radius 3 is 2.32 bits per heavy atom. The molecule has 1 heterocycles. The number of phosphoric ester groups is 1. The maximum atomic E-state index is 12.2. The summed E-state index contributed by atoms with van der Waals surface area (Å²) in [7, 11) is -2.15. The van der Waals surface area contributed by atoms with Gasteiger partial charge < -0.3 is 29.8 Å². The number of nitrogens with two attached hydrogens (primary N) is 1. The molecule has 1 amide bonds. The largest absolute Gasteiger partial charge is 0.525 e. The van der Waals surface area contributed by atoms with Crippen molar-refractivity contribution in [3.63, 3.8) is 0 Å². The molecular weight excluding hydrogens is 391 g/mol. The molecule has 5 N–H and O–H groups in total. The third kappa shape index (κ3) is 6.35. The molecule has 0 saturated carbocycles. The molecule has 0 aliphatic carbocycles. The van der Waals surface area contributed by atoms with E-state index in [1.165, 1.54) is 26.4 Å². The average molecular weight is 418 g/mol. The highest BCUT2D eigenvalue weighted by atomic mass is 31.2. The molecule has 1 aromatic rings. The van der Waals surface area contributed by atoms with E-state index in [0.717, 1.165) is 25.7 Å². The zero-order chi connectivity index (χ0) is 20.7. The number of nitrogens with one attached hydrogen (secondary N) is 1. The minimum absolute atomic E-state index is 0.0623. The van der Waals surface area contributed by atoms with Crippen LogP contribution in [0.2, 0.25) is 0 Å². The highest BCUT2D eigenvalue weighted by molar-refractivity contribution is 7.46. The van der Waals surface area contributed by atoms with E-state index in [0.29, 0.717) is 18.7 Å². The fraction of sp³-hybridized carbons (Fsp3) is 0.588. The molecule has 1 fully saturated rings. The van der Waals surface area contributed by atoms with Crippen molar-refractivity contribution < 1.29 is 37.9 Å². The van der Waals surface area contributed by atoms with Crippen molar-refractivity contribution in [3.05, 3.63) is 17.7 Å². The number of phosphoric acid groups is 1. The van der Waals surface area contributed by atoms with Crippen molar-refractivity contribution >= 4 is 13.7 Å². The second-order valence-electron chi connectivity index (χ2n) is 6.31. The molecule has 0 radical (unpaired) electrons. The predicted molar refractivity (Wildman–Crippen MR) is 100 cm³/mol. The number of epoxide rings is 1. The molecule has 2 atom stereocenters. The van der Waals surface area contributed by atoms with Crippen molar-refractivity contribution in [3.8, 4) is 17.2 Å². The fourth-order valence-electron chi connectivity index (χ4n) is 2.77. The van der Waals surface area contributed by atoms with Crippen molar-refractivity contribution in [2.24, 2.45) is 5.73 Å². The monoisotopic (exact) mass is 418 g/mol. The van der Waals surface area contributed by atoms with Crippen LogP contribution in [0.3, 0.4) is 0 Å². The van der Waals surface area contributed by atoms with Gasteiger partial charge in [0.15, 0.2) is 17.6 Å². The topological polar surface area (TPSA) is 153 Å². The van der Waals surface area contributed by atoms with Gasteiger partial charge in [-0.1, -0.05) is 12.8 Å². The standard InChI is InChI=1S/C17H27N2O8P/c1-24-12-9-11(10-13(25-2)15(12)27-28(21,22)23)14-16(26-14)17(20)19-8-6-4-3-5-7-18/h9-10,14,16H,3-8,18H2,1-2H3,(H,19,20)(H2,21,22,23). The number of hydrogen-bond acceptors (Lipinski definition) is 7. The Hall–Kier alpha value is -1.84. The minimum Gasteiger partial charge on any atom is -0.493 e. The molecule has 0 aromatic heterocycles. The number of ether oxygens (including phenoxy) is 3. The first-order chi connectivity index (χ1) is 13.3. The molecule has 1 aliphatic heterocycles. The molecule has 0 bridgehead atoms. The van der Waals surface area contributed by atoms with Crippen LogP contribution in [0, 0.1) is 0 Å². The molecule has 28 heavy (non-hydrogen) atoms. The summed E-state index contributed by atoms with van der Waals surface area (Å²) in [6, 6.07) is 3.00. The van der Waals surface area contributed by atoms with Crippen LogP contribution >= 0.6 is 7.82 Å². The van der Waals surface area contributed by atoms with Gasteiger partial charge in [-0.3, -0.25) is 14.6 Å². The summed E-state index contributed by atoms with van der Waals surface area (Å²) in [4.78, 5) is 30.3. The summed E-state index contributed by atoms with van der Waals surface area (Å²) < 4.78 is 31.6. The third-order valence-electron chi connectivity index (χ3n) is 4.20. The van der Waals surface area contributed by atoms with Gasteiger partial charge in [0.25, 0.3) is 5.91 Å². The number of rotatable bonds is 12. The maximum absolute atomic E-state index is 12.2. The summed E-state index contributed by atoms with van der Waals surface area (Å²) in [5.41, 5.74) is 6.02. The Morgan fingerprint density at radius 1 is 1.18 bits per heavy atom. The highest BCUT2D eigenvalue weighted by Crippen LogP contribution is 2.50. The Kier molecular flexibility index (Phi) is 8.09. The zero-order valence-corrected chi connectivity index (χ0v) is 16.8. The van der Waals surface area contributed by atoms with E-state index in [1.54, 1.807) is 0 Å². The number of methoxy groups -OCH3 is 2. The van der Waals surface area contributed by atoms with Gasteiger partial charge in [0.05, 0.1) is 14.2 Å². The number of carbonyl (C=O) groups is 1. The summed E-state index contributed by atoms with van der Waals surface area (Å²) >= 11 is 0. The normalized spacial score (nSPS) is 18.5. The first-order valence-electron chi connectivity index (χ1n) is 8.95. The lowest BCUT2D eigenvalue weighted by atomic mass is 10.1. The average Bonchev–Trinajstić information content (AvgIpc) is 3.44. The zero-order valence-electron chi connectivity index (χ0n) is 15.9. The van der Waals surface area contributed by atoms with E-state index >= 15 is 0 Å². The van der Waals surface area contributed by atoms with Gasteiger partial charge in [-0.2, -0.15) is 0 Å². The van der Waals surface area contributed by atoms with Gasteiger partial charge in [-0.15, -0.1) is 0 Å².